The lowest BCUT2D eigenvalue weighted by atomic mass is 10.2. The first-order valence-corrected chi connectivity index (χ1v) is 7.47. The average molecular weight is 316 g/mol. The minimum atomic E-state index is -4.25. The van der Waals surface area contributed by atoms with E-state index in [1.807, 2.05) is 4.72 Å². The number of aromatic amines is 1. The number of rotatable bonds is 4. The van der Waals surface area contributed by atoms with Crippen LogP contribution >= 0.6 is 0 Å². The summed E-state index contributed by atoms with van der Waals surface area (Å²) < 4.78 is 53.9. The summed E-state index contributed by atoms with van der Waals surface area (Å²) >= 11 is 0. The van der Waals surface area contributed by atoms with Crippen molar-refractivity contribution in [3.8, 4) is 0 Å². The Morgan fingerprint density at radius 2 is 2.00 bits per heavy atom. The van der Waals surface area contributed by atoms with E-state index in [1.54, 1.807) is 6.92 Å². The van der Waals surface area contributed by atoms with Crippen LogP contribution in [-0.2, 0) is 16.6 Å². The SMILES string of the molecule is Cc1ccc(F)c(NS(=O)(=O)c2n[nH]c(C)c2CN)c1F. The third-order valence-corrected chi connectivity index (χ3v) is 4.33. The molecule has 0 aliphatic carbocycles. The zero-order valence-electron chi connectivity index (χ0n) is 11.4. The lowest BCUT2D eigenvalue weighted by Gasteiger charge is -2.10. The van der Waals surface area contributed by atoms with Gasteiger partial charge in [-0.05, 0) is 25.5 Å². The highest BCUT2D eigenvalue weighted by Gasteiger charge is 2.26. The third kappa shape index (κ3) is 2.74. The van der Waals surface area contributed by atoms with Gasteiger partial charge in [-0.15, -0.1) is 0 Å². The zero-order chi connectivity index (χ0) is 15.8. The van der Waals surface area contributed by atoms with E-state index in [2.05, 4.69) is 10.2 Å². The molecular weight excluding hydrogens is 302 g/mol. The van der Waals surface area contributed by atoms with E-state index >= 15 is 0 Å². The predicted octanol–water partition coefficient (Wildman–Crippen LogP) is 1.56. The van der Waals surface area contributed by atoms with E-state index in [4.69, 9.17) is 5.73 Å². The van der Waals surface area contributed by atoms with Gasteiger partial charge in [-0.25, -0.2) is 8.78 Å². The van der Waals surface area contributed by atoms with E-state index in [1.165, 1.54) is 13.0 Å². The quantitative estimate of drug-likeness (QED) is 0.797. The van der Waals surface area contributed by atoms with Gasteiger partial charge in [0.25, 0.3) is 10.0 Å². The van der Waals surface area contributed by atoms with Crippen LogP contribution in [0.25, 0.3) is 0 Å². The maximum atomic E-state index is 13.9. The van der Waals surface area contributed by atoms with Crippen LogP contribution in [0.2, 0.25) is 0 Å². The van der Waals surface area contributed by atoms with Gasteiger partial charge >= 0.3 is 0 Å². The lowest BCUT2D eigenvalue weighted by Crippen LogP contribution is -2.18. The Labute approximate surface area is 120 Å². The summed E-state index contributed by atoms with van der Waals surface area (Å²) in [5, 5.41) is 5.75. The molecule has 0 aliphatic rings. The number of sulfonamides is 1. The Morgan fingerprint density at radius 3 is 2.62 bits per heavy atom. The molecule has 0 atom stereocenters. The number of halogens is 2. The van der Waals surface area contributed by atoms with Crippen molar-refractivity contribution < 1.29 is 17.2 Å². The van der Waals surface area contributed by atoms with Crippen LogP contribution in [0.5, 0.6) is 0 Å². The van der Waals surface area contributed by atoms with Gasteiger partial charge in [0, 0.05) is 17.8 Å². The number of anilines is 1. The van der Waals surface area contributed by atoms with Crippen LogP contribution in [0.3, 0.4) is 0 Å². The second-order valence-electron chi connectivity index (χ2n) is 4.50. The standard InChI is InChI=1S/C12H14F2N4O2S/c1-6-3-4-9(13)11(10(6)14)18-21(19,20)12-8(5-15)7(2)16-17-12/h3-4,18H,5,15H2,1-2H3,(H,16,17). The molecule has 1 aromatic heterocycles. The molecule has 2 aromatic rings. The Hall–Kier alpha value is -2.00. The lowest BCUT2D eigenvalue weighted by molar-refractivity contribution is 0.577. The van der Waals surface area contributed by atoms with E-state index in [-0.39, 0.29) is 22.7 Å². The minimum absolute atomic E-state index is 0.0721. The largest absolute Gasteiger partial charge is 0.326 e. The summed E-state index contributed by atoms with van der Waals surface area (Å²) in [7, 11) is -4.25. The van der Waals surface area contributed by atoms with Crippen molar-refractivity contribution in [2.75, 3.05) is 4.72 Å². The van der Waals surface area contributed by atoms with Crippen molar-refractivity contribution in [1.82, 2.24) is 10.2 Å². The summed E-state index contributed by atoms with van der Waals surface area (Å²) in [4.78, 5) is 0. The molecule has 21 heavy (non-hydrogen) atoms. The van der Waals surface area contributed by atoms with Gasteiger partial charge in [0.05, 0.1) is 0 Å². The van der Waals surface area contributed by atoms with E-state index < -0.39 is 27.3 Å². The second-order valence-corrected chi connectivity index (χ2v) is 6.09. The van der Waals surface area contributed by atoms with Gasteiger partial charge in [-0.1, -0.05) is 6.07 Å². The highest BCUT2D eigenvalue weighted by Crippen LogP contribution is 2.25. The number of nitrogens with two attached hydrogens (primary N) is 1. The molecular formula is C12H14F2N4O2S. The van der Waals surface area contributed by atoms with Gasteiger partial charge in [0.1, 0.15) is 11.5 Å². The Morgan fingerprint density at radius 1 is 1.33 bits per heavy atom. The van der Waals surface area contributed by atoms with Crippen LogP contribution in [0.1, 0.15) is 16.8 Å². The van der Waals surface area contributed by atoms with E-state index in [0.29, 0.717) is 5.69 Å². The monoisotopic (exact) mass is 316 g/mol. The smallest absolute Gasteiger partial charge is 0.281 e. The van der Waals surface area contributed by atoms with Gasteiger partial charge in [-0.2, -0.15) is 13.5 Å². The van der Waals surface area contributed by atoms with Crippen molar-refractivity contribution in [1.29, 1.82) is 0 Å². The van der Waals surface area contributed by atoms with Crippen LogP contribution in [0, 0.1) is 25.5 Å². The molecule has 0 radical (unpaired) electrons. The zero-order valence-corrected chi connectivity index (χ0v) is 12.2. The normalized spacial score (nSPS) is 11.7. The first kappa shape index (κ1) is 15.4. The molecule has 1 aromatic carbocycles. The number of H-pyrrole nitrogens is 1. The maximum Gasteiger partial charge on any atom is 0.281 e. The van der Waals surface area contributed by atoms with Crippen LogP contribution in [0.4, 0.5) is 14.5 Å². The molecule has 9 heteroatoms. The van der Waals surface area contributed by atoms with Crippen molar-refractivity contribution in [2.45, 2.75) is 25.4 Å². The molecule has 0 unspecified atom stereocenters. The van der Waals surface area contributed by atoms with Crippen LogP contribution in [0.15, 0.2) is 17.2 Å². The van der Waals surface area contributed by atoms with Crippen molar-refractivity contribution in [2.24, 2.45) is 5.73 Å². The molecule has 4 N–H and O–H groups in total. The molecule has 0 amide bonds. The third-order valence-electron chi connectivity index (χ3n) is 3.02. The molecule has 0 spiro atoms. The van der Waals surface area contributed by atoms with Gasteiger partial charge in [0.15, 0.2) is 5.82 Å². The summed E-state index contributed by atoms with van der Waals surface area (Å²) in [5.41, 5.74) is 5.58. The number of aryl methyl sites for hydroxylation is 2. The minimum Gasteiger partial charge on any atom is -0.326 e. The molecule has 114 valence electrons. The molecule has 0 saturated heterocycles. The van der Waals surface area contributed by atoms with E-state index in [0.717, 1.165) is 6.07 Å². The molecule has 0 saturated carbocycles. The molecule has 2 rings (SSSR count). The van der Waals surface area contributed by atoms with Gasteiger partial charge < -0.3 is 5.73 Å². The van der Waals surface area contributed by atoms with Gasteiger partial charge in [-0.3, -0.25) is 9.82 Å². The van der Waals surface area contributed by atoms with Crippen LogP contribution < -0.4 is 10.5 Å². The number of hydrogen-bond acceptors (Lipinski definition) is 4. The summed E-state index contributed by atoms with van der Waals surface area (Å²) in [6, 6.07) is 2.20. The van der Waals surface area contributed by atoms with Gasteiger partial charge in [0.2, 0.25) is 5.03 Å². The molecule has 0 bridgehead atoms. The van der Waals surface area contributed by atoms with Crippen molar-refractivity contribution in [3.63, 3.8) is 0 Å². The first-order chi connectivity index (χ1) is 9.77. The highest BCUT2D eigenvalue weighted by atomic mass is 32.2. The highest BCUT2D eigenvalue weighted by molar-refractivity contribution is 7.92. The predicted molar refractivity (Wildman–Crippen MR) is 73.1 cm³/mol. The molecule has 6 nitrogen and oxygen atoms in total. The number of benzene rings is 1. The number of hydrogen-bond donors (Lipinski definition) is 3. The fourth-order valence-electron chi connectivity index (χ4n) is 1.83. The summed E-state index contributed by atoms with van der Waals surface area (Å²) in [5.74, 6) is -1.98. The van der Waals surface area contributed by atoms with Crippen molar-refractivity contribution in [3.05, 3.63) is 40.6 Å². The fourth-order valence-corrected chi connectivity index (χ4v) is 3.10. The average Bonchev–Trinajstić information content (AvgIpc) is 2.81. The van der Waals surface area contributed by atoms with Crippen molar-refractivity contribution >= 4 is 15.7 Å². The first-order valence-electron chi connectivity index (χ1n) is 5.99. The molecule has 1 heterocycles. The Bertz CT molecular complexity index is 787. The molecule has 0 aliphatic heterocycles. The number of aromatic nitrogens is 2. The number of nitrogens with zero attached hydrogens (tertiary/aromatic N) is 1. The summed E-state index contributed by atoms with van der Waals surface area (Å²) in [6.45, 7) is 2.93. The Balaban J connectivity index is 2.50. The van der Waals surface area contributed by atoms with Crippen LogP contribution in [-0.4, -0.2) is 18.6 Å². The van der Waals surface area contributed by atoms with E-state index in [9.17, 15) is 17.2 Å². The summed E-state index contributed by atoms with van der Waals surface area (Å²) in [6.07, 6.45) is 0. The molecule has 0 fully saturated rings. The topological polar surface area (TPSA) is 101 Å². The second kappa shape index (κ2) is 5.41. The fraction of sp³-hybridized carbons (Fsp3) is 0.250. The number of nitrogens with one attached hydrogen (secondary N) is 2. The Kier molecular flexibility index (Phi) is 3.97. The maximum absolute atomic E-state index is 13.9.